The molecule has 0 radical (unpaired) electrons. The third-order valence-corrected chi connectivity index (χ3v) is 8.05. The van der Waals surface area contributed by atoms with Crippen LogP contribution in [0.15, 0.2) is 84.9 Å². The van der Waals surface area contributed by atoms with E-state index in [9.17, 15) is 15.0 Å². The Morgan fingerprint density at radius 1 is 0.811 bits per heavy atom. The molecule has 4 heteroatoms. The summed E-state index contributed by atoms with van der Waals surface area (Å²) in [5.74, 6) is 6.17. The Morgan fingerprint density at radius 2 is 1.35 bits per heavy atom. The lowest BCUT2D eigenvalue weighted by Crippen LogP contribution is -2.46. The minimum absolute atomic E-state index is 0.00425. The van der Waals surface area contributed by atoms with Crippen LogP contribution in [0.25, 0.3) is 0 Å². The Labute approximate surface area is 220 Å². The van der Waals surface area contributed by atoms with Gasteiger partial charge in [0.15, 0.2) is 0 Å². The number of carbonyl (C=O) groups excluding carboxylic acids is 1. The lowest BCUT2D eigenvalue weighted by molar-refractivity contribution is -0.0122. The van der Waals surface area contributed by atoms with Crippen LogP contribution in [0.5, 0.6) is 0 Å². The average molecular weight is 494 g/mol. The molecule has 0 spiro atoms. The van der Waals surface area contributed by atoms with Crippen LogP contribution in [0.1, 0.15) is 72.0 Å². The molecule has 37 heavy (non-hydrogen) atoms. The van der Waals surface area contributed by atoms with E-state index < -0.39 is 11.2 Å². The van der Waals surface area contributed by atoms with E-state index in [1.165, 1.54) is 0 Å². The number of aliphatic hydroxyl groups is 2. The zero-order valence-corrected chi connectivity index (χ0v) is 21.3. The van der Waals surface area contributed by atoms with Crippen molar-refractivity contribution in [3.8, 4) is 11.8 Å². The molecule has 1 aliphatic heterocycles. The van der Waals surface area contributed by atoms with Gasteiger partial charge in [-0.1, -0.05) is 78.9 Å². The lowest BCUT2D eigenvalue weighted by Gasteiger charge is -2.42. The molecular weight excluding hydrogens is 458 g/mol. The molecule has 1 heterocycles. The second-order valence-corrected chi connectivity index (χ2v) is 10.5. The Kier molecular flexibility index (Phi) is 7.46. The molecule has 3 aromatic carbocycles. The lowest BCUT2D eigenvalue weighted by atomic mass is 9.72. The van der Waals surface area contributed by atoms with Crippen LogP contribution in [0.4, 0.5) is 0 Å². The highest BCUT2D eigenvalue weighted by atomic mass is 16.3. The quantitative estimate of drug-likeness (QED) is 0.471. The summed E-state index contributed by atoms with van der Waals surface area (Å²) in [5.41, 5.74) is 1.26. The molecule has 5 rings (SSSR count). The van der Waals surface area contributed by atoms with Crippen molar-refractivity contribution >= 4 is 5.91 Å². The topological polar surface area (TPSA) is 60.8 Å². The molecule has 4 nitrogen and oxygen atoms in total. The molecule has 2 N–H and O–H groups in total. The number of hydrogen-bond acceptors (Lipinski definition) is 3. The maximum absolute atomic E-state index is 13.3. The zero-order chi connectivity index (χ0) is 25.7. The number of carbonyl (C=O) groups is 1. The fourth-order valence-electron chi connectivity index (χ4n) is 5.85. The first-order valence-corrected chi connectivity index (χ1v) is 13.5. The predicted molar refractivity (Wildman–Crippen MR) is 146 cm³/mol. The van der Waals surface area contributed by atoms with Crippen LogP contribution in [0, 0.1) is 17.8 Å². The van der Waals surface area contributed by atoms with Crippen LogP contribution in [0.2, 0.25) is 0 Å². The smallest absolute Gasteiger partial charge is 0.253 e. The van der Waals surface area contributed by atoms with Crippen molar-refractivity contribution in [2.75, 3.05) is 13.1 Å². The molecule has 3 aromatic rings. The molecule has 0 aromatic heterocycles. The van der Waals surface area contributed by atoms with Gasteiger partial charge in [-0.15, -0.1) is 0 Å². The summed E-state index contributed by atoms with van der Waals surface area (Å²) >= 11 is 0. The predicted octanol–water partition coefficient (Wildman–Crippen LogP) is 5.52. The van der Waals surface area contributed by atoms with Gasteiger partial charge in [-0.3, -0.25) is 4.79 Å². The number of amides is 1. The molecule has 1 amide bonds. The molecule has 1 aliphatic carbocycles. The fourth-order valence-corrected chi connectivity index (χ4v) is 5.85. The van der Waals surface area contributed by atoms with Crippen molar-refractivity contribution in [3.63, 3.8) is 0 Å². The molecule has 2 fully saturated rings. The number of rotatable bonds is 4. The highest BCUT2D eigenvalue weighted by Crippen LogP contribution is 2.42. The maximum atomic E-state index is 13.3. The van der Waals surface area contributed by atoms with Crippen LogP contribution in [-0.4, -0.2) is 39.7 Å². The summed E-state index contributed by atoms with van der Waals surface area (Å²) in [5, 5.41) is 22.7. The Morgan fingerprint density at radius 3 is 1.89 bits per heavy atom. The molecule has 0 bridgehead atoms. The number of nitrogens with zero attached hydrogens (tertiary/aromatic N) is 1. The van der Waals surface area contributed by atoms with E-state index in [1.807, 2.05) is 89.8 Å². The Bertz CT molecular complexity index is 1200. The second-order valence-electron chi connectivity index (χ2n) is 10.5. The minimum Gasteiger partial charge on any atom is -0.380 e. The number of piperidine rings is 1. The molecule has 0 atom stereocenters. The van der Waals surface area contributed by atoms with Crippen molar-refractivity contribution in [1.82, 2.24) is 4.90 Å². The van der Waals surface area contributed by atoms with Crippen LogP contribution < -0.4 is 0 Å². The molecule has 190 valence electrons. The van der Waals surface area contributed by atoms with Gasteiger partial charge >= 0.3 is 0 Å². The summed E-state index contributed by atoms with van der Waals surface area (Å²) < 4.78 is 0. The zero-order valence-electron chi connectivity index (χ0n) is 21.3. The van der Waals surface area contributed by atoms with Crippen molar-refractivity contribution in [1.29, 1.82) is 0 Å². The largest absolute Gasteiger partial charge is 0.380 e. The van der Waals surface area contributed by atoms with Gasteiger partial charge in [-0.05, 0) is 79.8 Å². The summed E-state index contributed by atoms with van der Waals surface area (Å²) in [7, 11) is 0. The van der Waals surface area contributed by atoms with Gasteiger partial charge in [0.05, 0.1) is 0 Å². The van der Waals surface area contributed by atoms with Gasteiger partial charge in [-0.25, -0.2) is 0 Å². The van der Waals surface area contributed by atoms with E-state index in [-0.39, 0.29) is 11.8 Å². The molecule has 2 aliphatic rings. The molecular formula is C33H35NO3. The van der Waals surface area contributed by atoms with Crippen molar-refractivity contribution in [2.24, 2.45) is 5.92 Å². The average Bonchev–Trinajstić information content (AvgIpc) is 2.97. The number of hydrogen-bond donors (Lipinski definition) is 2. The van der Waals surface area contributed by atoms with Gasteiger partial charge in [-0.2, -0.15) is 0 Å². The van der Waals surface area contributed by atoms with Crippen LogP contribution in [-0.2, 0) is 5.60 Å². The van der Waals surface area contributed by atoms with E-state index in [4.69, 9.17) is 0 Å². The highest BCUT2D eigenvalue weighted by Gasteiger charge is 2.42. The Hall–Kier alpha value is -3.39. The van der Waals surface area contributed by atoms with E-state index in [1.54, 1.807) is 0 Å². The third-order valence-electron chi connectivity index (χ3n) is 8.05. The molecule has 1 saturated carbocycles. The maximum Gasteiger partial charge on any atom is 0.253 e. The minimum atomic E-state index is -1.10. The van der Waals surface area contributed by atoms with E-state index in [0.717, 1.165) is 48.8 Å². The summed E-state index contributed by atoms with van der Waals surface area (Å²) in [4.78, 5) is 15.1. The number of benzene rings is 3. The fraction of sp³-hybridized carbons (Fsp3) is 0.364. The van der Waals surface area contributed by atoms with Gasteiger partial charge < -0.3 is 15.1 Å². The summed E-state index contributed by atoms with van der Waals surface area (Å²) in [6.07, 6.45) is 6.09. The van der Waals surface area contributed by atoms with Crippen molar-refractivity contribution < 1.29 is 15.0 Å². The standard InChI is InChI=1S/C33H35NO3/c35-31(27-16-14-26(15-17-27)18-23-32(36)21-8-3-9-22-32)34-24-19-30(20-25-34)33(37,28-10-4-1-5-11-28)29-12-6-2-7-13-29/h1-2,4-7,10-17,30,36-37H,3,8-9,19-22,24-25H2. The van der Waals surface area contributed by atoms with Gasteiger partial charge in [0.25, 0.3) is 5.91 Å². The highest BCUT2D eigenvalue weighted by molar-refractivity contribution is 5.94. The van der Waals surface area contributed by atoms with Gasteiger partial charge in [0, 0.05) is 24.2 Å². The van der Waals surface area contributed by atoms with Gasteiger partial charge in [0.2, 0.25) is 0 Å². The Balaban J connectivity index is 1.26. The molecule has 0 unspecified atom stereocenters. The number of likely N-dealkylation sites (tertiary alicyclic amines) is 1. The summed E-state index contributed by atoms with van der Waals surface area (Å²) in [6.45, 7) is 1.19. The monoisotopic (exact) mass is 493 g/mol. The first-order valence-electron chi connectivity index (χ1n) is 13.5. The third kappa shape index (κ3) is 5.49. The van der Waals surface area contributed by atoms with Crippen LogP contribution in [0.3, 0.4) is 0 Å². The SMILES string of the molecule is O=C(c1ccc(C#CC2(O)CCCCC2)cc1)N1CCC(C(O)(c2ccccc2)c2ccccc2)CC1. The van der Waals surface area contributed by atoms with E-state index in [2.05, 4.69) is 11.8 Å². The van der Waals surface area contributed by atoms with Crippen LogP contribution >= 0.6 is 0 Å². The summed E-state index contributed by atoms with van der Waals surface area (Å²) in [6, 6.07) is 27.1. The van der Waals surface area contributed by atoms with Gasteiger partial charge in [0.1, 0.15) is 11.2 Å². The normalized spacial score (nSPS) is 18.1. The van der Waals surface area contributed by atoms with E-state index >= 15 is 0 Å². The second kappa shape index (κ2) is 10.9. The van der Waals surface area contributed by atoms with Crippen molar-refractivity contribution in [2.45, 2.75) is 56.1 Å². The first-order chi connectivity index (χ1) is 18.0. The van der Waals surface area contributed by atoms with Crippen molar-refractivity contribution in [3.05, 3.63) is 107 Å². The van der Waals surface area contributed by atoms with E-state index in [0.29, 0.717) is 31.5 Å². The molecule has 1 saturated heterocycles. The first kappa shape index (κ1) is 25.3.